The molecular weight excluding hydrogens is 316 g/mol. The highest BCUT2D eigenvalue weighted by molar-refractivity contribution is 5.74. The van der Waals surface area contributed by atoms with E-state index in [-0.39, 0.29) is 11.4 Å². The molecule has 1 aromatic carbocycles. The van der Waals surface area contributed by atoms with Crippen LogP contribution >= 0.6 is 0 Å². The highest BCUT2D eigenvalue weighted by atomic mass is 16.5. The zero-order valence-electron chi connectivity index (χ0n) is 15.2. The van der Waals surface area contributed by atoms with Gasteiger partial charge in [0.05, 0.1) is 12.1 Å². The van der Waals surface area contributed by atoms with Crippen molar-refractivity contribution in [1.29, 1.82) is 0 Å². The average molecular weight is 346 g/mol. The zero-order valence-corrected chi connectivity index (χ0v) is 15.2. The monoisotopic (exact) mass is 346 g/mol. The van der Waals surface area contributed by atoms with E-state index >= 15 is 0 Å². The van der Waals surface area contributed by atoms with Gasteiger partial charge >= 0.3 is 6.03 Å². The first-order chi connectivity index (χ1) is 12.0. The highest BCUT2D eigenvalue weighted by Crippen LogP contribution is 2.43. The maximum atomic E-state index is 12.5. The molecule has 2 amide bonds. The van der Waals surface area contributed by atoms with Crippen molar-refractivity contribution < 1.29 is 14.6 Å². The highest BCUT2D eigenvalue weighted by Gasteiger charge is 2.38. The lowest BCUT2D eigenvalue weighted by Gasteiger charge is -2.43. The van der Waals surface area contributed by atoms with Gasteiger partial charge < -0.3 is 20.1 Å². The molecule has 1 heterocycles. The van der Waals surface area contributed by atoms with E-state index in [1.54, 1.807) is 11.9 Å². The molecule has 3 rings (SSSR count). The maximum Gasteiger partial charge on any atom is 0.317 e. The van der Waals surface area contributed by atoms with Crippen LogP contribution in [0.5, 0.6) is 0 Å². The number of amides is 2. The summed E-state index contributed by atoms with van der Waals surface area (Å²) >= 11 is 0. The van der Waals surface area contributed by atoms with Gasteiger partial charge in [0.1, 0.15) is 0 Å². The number of benzene rings is 1. The molecule has 2 aliphatic rings. The van der Waals surface area contributed by atoms with Crippen molar-refractivity contribution in [3.63, 3.8) is 0 Å². The Kier molecular flexibility index (Phi) is 5.64. The normalized spacial score (nSPS) is 21.2. The molecule has 0 radical (unpaired) electrons. The van der Waals surface area contributed by atoms with E-state index in [2.05, 4.69) is 29.6 Å². The summed E-state index contributed by atoms with van der Waals surface area (Å²) < 4.78 is 5.30. The number of carbonyl (C=O) groups excluding carboxylic acids is 1. The van der Waals surface area contributed by atoms with Crippen LogP contribution in [0.2, 0.25) is 0 Å². The Morgan fingerprint density at radius 1 is 1.20 bits per heavy atom. The first-order valence-corrected chi connectivity index (χ1v) is 9.33. The molecule has 0 unspecified atom stereocenters. The number of aliphatic hydroxyl groups is 1. The van der Waals surface area contributed by atoms with Crippen molar-refractivity contribution in [3.05, 3.63) is 35.9 Å². The average Bonchev–Trinajstić information content (AvgIpc) is 2.58. The van der Waals surface area contributed by atoms with Crippen LogP contribution in [0, 0.1) is 5.41 Å². The Bertz CT molecular complexity index is 566. The van der Waals surface area contributed by atoms with Crippen LogP contribution in [-0.2, 0) is 11.2 Å². The molecule has 1 aliphatic heterocycles. The number of hydrogen-bond acceptors (Lipinski definition) is 3. The number of carbonyl (C=O) groups is 1. The molecule has 2 fully saturated rings. The van der Waals surface area contributed by atoms with E-state index in [4.69, 9.17) is 4.74 Å². The van der Waals surface area contributed by atoms with Gasteiger partial charge in [0.25, 0.3) is 0 Å². The number of ether oxygens (including phenoxy) is 1. The third-order valence-corrected chi connectivity index (χ3v) is 5.75. The fourth-order valence-electron chi connectivity index (χ4n) is 3.94. The topological polar surface area (TPSA) is 61.8 Å². The molecule has 0 bridgehead atoms. The van der Waals surface area contributed by atoms with E-state index in [0.717, 1.165) is 19.3 Å². The molecule has 1 saturated carbocycles. The van der Waals surface area contributed by atoms with Gasteiger partial charge in [0.15, 0.2) is 0 Å². The van der Waals surface area contributed by atoms with Crippen molar-refractivity contribution in [3.8, 4) is 0 Å². The van der Waals surface area contributed by atoms with Gasteiger partial charge in [-0.25, -0.2) is 4.79 Å². The minimum absolute atomic E-state index is 0.0979. The van der Waals surface area contributed by atoms with Crippen LogP contribution < -0.4 is 5.32 Å². The van der Waals surface area contributed by atoms with Crippen LogP contribution in [0.25, 0.3) is 0 Å². The van der Waals surface area contributed by atoms with Crippen LogP contribution in [-0.4, -0.2) is 55.0 Å². The molecule has 138 valence electrons. The zero-order chi connectivity index (χ0) is 17.8. The molecule has 0 aromatic heterocycles. The summed E-state index contributed by atoms with van der Waals surface area (Å²) in [6.45, 7) is 2.18. The molecule has 5 heteroatoms. The quantitative estimate of drug-likeness (QED) is 0.832. The van der Waals surface area contributed by atoms with Crippen molar-refractivity contribution >= 4 is 6.03 Å². The summed E-state index contributed by atoms with van der Waals surface area (Å²) in [7, 11) is 1.76. The lowest BCUT2D eigenvalue weighted by molar-refractivity contribution is -0.0723. The molecule has 1 aliphatic carbocycles. The van der Waals surface area contributed by atoms with Gasteiger partial charge in [0, 0.05) is 39.6 Å². The van der Waals surface area contributed by atoms with E-state index < -0.39 is 5.60 Å². The number of likely N-dealkylation sites (N-methyl/N-ethyl adjacent to an activating group) is 1. The summed E-state index contributed by atoms with van der Waals surface area (Å²) in [4.78, 5) is 14.1. The van der Waals surface area contributed by atoms with Gasteiger partial charge in [-0.1, -0.05) is 36.8 Å². The van der Waals surface area contributed by atoms with Crippen LogP contribution in [0.3, 0.4) is 0 Å². The summed E-state index contributed by atoms with van der Waals surface area (Å²) in [6, 6.07) is 10.4. The Morgan fingerprint density at radius 2 is 1.88 bits per heavy atom. The maximum absolute atomic E-state index is 12.5. The van der Waals surface area contributed by atoms with Crippen molar-refractivity contribution in [2.45, 2.75) is 44.1 Å². The first-order valence-electron chi connectivity index (χ1n) is 9.33. The van der Waals surface area contributed by atoms with Crippen molar-refractivity contribution in [1.82, 2.24) is 10.2 Å². The predicted molar refractivity (Wildman–Crippen MR) is 97.5 cm³/mol. The minimum atomic E-state index is -0.817. The van der Waals surface area contributed by atoms with Crippen LogP contribution in [0.15, 0.2) is 30.3 Å². The summed E-state index contributed by atoms with van der Waals surface area (Å²) in [6.07, 6.45) is 5.74. The molecule has 5 nitrogen and oxygen atoms in total. The third kappa shape index (κ3) is 4.73. The SMILES string of the molecule is CN(CC1(O)CCOCC1)C(=O)NCC1(Cc2ccccc2)CCC1. The van der Waals surface area contributed by atoms with E-state index in [0.29, 0.717) is 39.1 Å². The van der Waals surface area contributed by atoms with E-state index in [1.165, 1.54) is 12.0 Å². The van der Waals surface area contributed by atoms with E-state index in [9.17, 15) is 9.90 Å². The number of nitrogens with one attached hydrogen (secondary N) is 1. The largest absolute Gasteiger partial charge is 0.388 e. The Balaban J connectivity index is 1.50. The Morgan fingerprint density at radius 3 is 2.48 bits per heavy atom. The number of rotatable bonds is 6. The van der Waals surface area contributed by atoms with Crippen LogP contribution in [0.4, 0.5) is 4.79 Å². The fraction of sp³-hybridized carbons (Fsp3) is 0.650. The molecule has 1 aromatic rings. The molecule has 25 heavy (non-hydrogen) atoms. The molecule has 2 N–H and O–H groups in total. The molecule has 0 spiro atoms. The lowest BCUT2D eigenvalue weighted by Crippen LogP contribution is -2.52. The predicted octanol–water partition coefficient (Wildman–Crippen LogP) is 2.58. The van der Waals surface area contributed by atoms with Crippen molar-refractivity contribution in [2.24, 2.45) is 5.41 Å². The summed E-state index contributed by atoms with van der Waals surface area (Å²) in [5, 5.41) is 13.7. The minimum Gasteiger partial charge on any atom is -0.388 e. The van der Waals surface area contributed by atoms with Crippen molar-refractivity contribution in [2.75, 3.05) is 33.4 Å². The molecule has 1 saturated heterocycles. The second kappa shape index (κ2) is 7.75. The Hall–Kier alpha value is -1.59. The lowest BCUT2D eigenvalue weighted by atomic mass is 9.65. The molecular formula is C20H30N2O3. The van der Waals surface area contributed by atoms with Gasteiger partial charge in [-0.2, -0.15) is 0 Å². The van der Waals surface area contributed by atoms with Gasteiger partial charge in [-0.15, -0.1) is 0 Å². The van der Waals surface area contributed by atoms with Gasteiger partial charge in [-0.3, -0.25) is 0 Å². The second-order valence-corrected chi connectivity index (χ2v) is 7.87. The Labute approximate surface area is 150 Å². The number of hydrogen-bond donors (Lipinski definition) is 2. The molecule has 0 atom stereocenters. The third-order valence-electron chi connectivity index (χ3n) is 5.75. The summed E-state index contributed by atoms with van der Waals surface area (Å²) in [5.41, 5.74) is 0.706. The smallest absolute Gasteiger partial charge is 0.317 e. The number of urea groups is 1. The van der Waals surface area contributed by atoms with E-state index in [1.807, 2.05) is 6.07 Å². The van der Waals surface area contributed by atoms with Gasteiger partial charge in [0.2, 0.25) is 0 Å². The second-order valence-electron chi connectivity index (χ2n) is 7.87. The fourth-order valence-corrected chi connectivity index (χ4v) is 3.94. The first kappa shape index (κ1) is 18.2. The summed E-state index contributed by atoms with van der Waals surface area (Å²) in [5.74, 6) is 0. The standard InChI is InChI=1S/C20H30N2O3/c1-22(16-20(24)10-12-25-13-11-20)18(23)21-15-19(8-5-9-19)14-17-6-3-2-4-7-17/h2-4,6-7,24H,5,8-16H2,1H3,(H,21,23). The number of nitrogens with zero attached hydrogens (tertiary/aromatic N) is 1. The van der Waals surface area contributed by atoms with Gasteiger partial charge in [-0.05, 0) is 30.2 Å². The van der Waals surface area contributed by atoms with Crippen LogP contribution in [0.1, 0.15) is 37.7 Å².